The number of hydrogen-bond acceptors (Lipinski definition) is 4. The topological polar surface area (TPSA) is 71.3 Å². The molecule has 2 aromatic heterocycles. The predicted molar refractivity (Wildman–Crippen MR) is 127 cm³/mol. The van der Waals surface area contributed by atoms with Crippen molar-refractivity contribution in [2.24, 2.45) is 0 Å². The van der Waals surface area contributed by atoms with Gasteiger partial charge in [0.1, 0.15) is 11.6 Å². The van der Waals surface area contributed by atoms with Crippen LogP contribution in [0, 0.1) is 0 Å². The highest BCUT2D eigenvalue weighted by Gasteiger charge is 2.22. The van der Waals surface area contributed by atoms with Crippen LogP contribution in [-0.4, -0.2) is 26.5 Å². The molecular weight excluding hydrogens is 398 g/mol. The van der Waals surface area contributed by atoms with Crippen molar-refractivity contribution in [3.05, 3.63) is 89.1 Å². The Balaban J connectivity index is 1.37. The lowest BCUT2D eigenvalue weighted by Gasteiger charge is -2.19. The first-order chi connectivity index (χ1) is 15.4. The van der Waals surface area contributed by atoms with Crippen LogP contribution in [0.2, 0.25) is 0 Å². The molecule has 1 aliphatic rings. The molecule has 4 aromatic rings. The van der Waals surface area contributed by atoms with Crippen LogP contribution < -0.4 is 10.6 Å². The zero-order valence-electron chi connectivity index (χ0n) is 18.6. The van der Waals surface area contributed by atoms with Gasteiger partial charge < -0.3 is 10.6 Å². The maximum Gasteiger partial charge on any atom is 0.256 e. The van der Waals surface area contributed by atoms with Gasteiger partial charge in [0.15, 0.2) is 5.65 Å². The Hall–Kier alpha value is -3.67. The second-order valence-electron chi connectivity index (χ2n) is 9.43. The number of carbonyl (C=O) groups excluding carboxylic acids is 1. The Morgan fingerprint density at radius 3 is 2.34 bits per heavy atom. The summed E-state index contributed by atoms with van der Waals surface area (Å²) in [4.78, 5) is 17.4. The molecule has 0 atom stereocenters. The van der Waals surface area contributed by atoms with Crippen molar-refractivity contribution in [1.82, 2.24) is 14.6 Å². The van der Waals surface area contributed by atoms with Crippen LogP contribution in [0.15, 0.2) is 66.9 Å². The first-order valence-electron chi connectivity index (χ1n) is 11.0. The molecule has 0 spiro atoms. The number of hydrogen-bond donors (Lipinski definition) is 2. The van der Waals surface area contributed by atoms with Gasteiger partial charge in [-0.05, 0) is 47.1 Å². The van der Waals surface area contributed by atoms with Gasteiger partial charge in [0, 0.05) is 23.7 Å². The number of amides is 1. The van der Waals surface area contributed by atoms with Gasteiger partial charge in [-0.25, -0.2) is 4.98 Å². The van der Waals surface area contributed by atoms with Crippen molar-refractivity contribution >= 4 is 23.2 Å². The Bertz CT molecular complexity index is 1260. The Kier molecular flexibility index (Phi) is 4.93. The third-order valence-corrected chi connectivity index (χ3v) is 6.02. The molecule has 5 rings (SSSR count). The number of carbonyl (C=O) groups is 1. The zero-order valence-corrected chi connectivity index (χ0v) is 18.6. The van der Waals surface area contributed by atoms with Crippen LogP contribution in [0.4, 0.5) is 11.6 Å². The maximum atomic E-state index is 12.9. The molecule has 32 heavy (non-hydrogen) atoms. The van der Waals surface area contributed by atoms with E-state index in [0.717, 1.165) is 18.7 Å². The smallest absolute Gasteiger partial charge is 0.256 e. The lowest BCUT2D eigenvalue weighted by molar-refractivity contribution is 0.102. The third-order valence-electron chi connectivity index (χ3n) is 6.02. The van der Waals surface area contributed by atoms with Crippen molar-refractivity contribution in [3.8, 4) is 0 Å². The van der Waals surface area contributed by atoms with Crippen molar-refractivity contribution in [3.63, 3.8) is 0 Å². The van der Waals surface area contributed by atoms with Crippen molar-refractivity contribution in [2.45, 2.75) is 45.1 Å². The molecule has 0 aliphatic heterocycles. The fourth-order valence-corrected chi connectivity index (χ4v) is 4.26. The normalized spacial score (nSPS) is 13.8. The summed E-state index contributed by atoms with van der Waals surface area (Å²) < 4.78 is 1.77. The minimum Gasteiger partial charge on any atom is -0.366 e. The Morgan fingerprint density at radius 1 is 1.00 bits per heavy atom. The van der Waals surface area contributed by atoms with E-state index < -0.39 is 0 Å². The average molecular weight is 426 g/mol. The molecule has 0 unspecified atom stereocenters. The summed E-state index contributed by atoms with van der Waals surface area (Å²) in [6, 6.07) is 20.2. The summed E-state index contributed by atoms with van der Waals surface area (Å²) in [5.41, 5.74) is 5.28. The molecule has 0 bridgehead atoms. The van der Waals surface area contributed by atoms with Gasteiger partial charge in [0.05, 0.1) is 6.20 Å². The van der Waals surface area contributed by atoms with E-state index in [9.17, 15) is 4.79 Å². The third kappa shape index (κ3) is 3.96. The minimum atomic E-state index is -0.180. The van der Waals surface area contributed by atoms with Crippen LogP contribution in [-0.2, 0) is 18.3 Å². The van der Waals surface area contributed by atoms with Crippen LogP contribution in [0.25, 0.3) is 5.65 Å². The molecule has 0 saturated carbocycles. The second-order valence-corrected chi connectivity index (χ2v) is 9.43. The van der Waals surface area contributed by atoms with Crippen molar-refractivity contribution in [1.29, 1.82) is 0 Å². The van der Waals surface area contributed by atoms with E-state index in [0.29, 0.717) is 17.0 Å². The summed E-state index contributed by atoms with van der Waals surface area (Å²) in [6.45, 7) is 6.47. The van der Waals surface area contributed by atoms with E-state index >= 15 is 0 Å². The monoisotopic (exact) mass is 425 g/mol. The fourth-order valence-electron chi connectivity index (χ4n) is 4.26. The second kappa shape index (κ2) is 7.79. The molecule has 6 heteroatoms. The lowest BCUT2D eigenvalue weighted by Crippen LogP contribution is -2.22. The highest BCUT2D eigenvalue weighted by atomic mass is 16.1. The number of aromatic nitrogens is 3. The summed E-state index contributed by atoms with van der Waals surface area (Å²) in [5.74, 6) is 1.14. The molecular formula is C26H27N5O. The van der Waals surface area contributed by atoms with Gasteiger partial charge in [-0.1, -0.05) is 57.2 Å². The highest BCUT2D eigenvalue weighted by molar-refractivity contribution is 6.04. The Labute approximate surface area is 187 Å². The van der Waals surface area contributed by atoms with Gasteiger partial charge in [-0.2, -0.15) is 9.61 Å². The number of nitrogens with one attached hydrogen (secondary N) is 2. The highest BCUT2D eigenvalue weighted by Crippen LogP contribution is 2.26. The summed E-state index contributed by atoms with van der Waals surface area (Å²) >= 11 is 0. The predicted octanol–water partition coefficient (Wildman–Crippen LogP) is 4.86. The van der Waals surface area contributed by atoms with E-state index in [1.54, 1.807) is 10.7 Å². The van der Waals surface area contributed by atoms with Crippen LogP contribution in [0.3, 0.4) is 0 Å². The van der Waals surface area contributed by atoms with E-state index in [4.69, 9.17) is 0 Å². The standard InChI is InChI=1S/C26H27N5O/c1-26(2,3)20-10-8-17(9-11-20)25(32)30-22-16-24(31-23(29-22)12-13-27-31)28-21-14-18-6-4-5-7-19(18)15-21/h4-13,16,21,28H,14-15H2,1-3H3,(H,29,30,32). The lowest BCUT2D eigenvalue weighted by atomic mass is 9.87. The van der Waals surface area contributed by atoms with Gasteiger partial charge in [-0.15, -0.1) is 0 Å². The molecule has 2 N–H and O–H groups in total. The van der Waals surface area contributed by atoms with Crippen LogP contribution in [0.1, 0.15) is 47.8 Å². The molecule has 6 nitrogen and oxygen atoms in total. The molecule has 1 amide bonds. The van der Waals surface area contributed by atoms with E-state index in [2.05, 4.69) is 65.8 Å². The molecule has 0 radical (unpaired) electrons. The number of benzene rings is 2. The summed E-state index contributed by atoms with van der Waals surface area (Å²) in [7, 11) is 0. The molecule has 0 fully saturated rings. The number of nitrogens with zero attached hydrogens (tertiary/aromatic N) is 3. The van der Waals surface area contributed by atoms with Gasteiger partial charge in [-0.3, -0.25) is 4.79 Å². The van der Waals surface area contributed by atoms with Gasteiger partial charge in [0.25, 0.3) is 5.91 Å². The van der Waals surface area contributed by atoms with E-state index in [1.165, 1.54) is 16.7 Å². The maximum absolute atomic E-state index is 12.9. The average Bonchev–Trinajstić information content (AvgIpc) is 3.39. The molecule has 1 aliphatic carbocycles. The minimum absolute atomic E-state index is 0.0457. The van der Waals surface area contributed by atoms with E-state index in [1.807, 2.05) is 36.4 Å². The first-order valence-corrected chi connectivity index (χ1v) is 11.0. The quantitative estimate of drug-likeness (QED) is 0.490. The van der Waals surface area contributed by atoms with Gasteiger partial charge in [0.2, 0.25) is 0 Å². The molecule has 0 saturated heterocycles. The van der Waals surface area contributed by atoms with Crippen LogP contribution in [0.5, 0.6) is 0 Å². The summed E-state index contributed by atoms with van der Waals surface area (Å²) in [5, 5.41) is 11.0. The Morgan fingerprint density at radius 2 is 1.69 bits per heavy atom. The van der Waals surface area contributed by atoms with Crippen molar-refractivity contribution < 1.29 is 4.79 Å². The van der Waals surface area contributed by atoms with Crippen molar-refractivity contribution in [2.75, 3.05) is 10.6 Å². The van der Waals surface area contributed by atoms with E-state index in [-0.39, 0.29) is 17.4 Å². The first kappa shape index (κ1) is 20.2. The van der Waals surface area contributed by atoms with Crippen LogP contribution >= 0.6 is 0 Å². The zero-order chi connectivity index (χ0) is 22.3. The fraction of sp³-hybridized carbons (Fsp3) is 0.269. The molecule has 162 valence electrons. The number of fused-ring (bicyclic) bond motifs is 2. The largest absolute Gasteiger partial charge is 0.366 e. The number of anilines is 2. The number of rotatable bonds is 4. The summed E-state index contributed by atoms with van der Waals surface area (Å²) in [6.07, 6.45) is 3.64. The molecule has 2 heterocycles. The molecule has 2 aromatic carbocycles. The van der Waals surface area contributed by atoms with Gasteiger partial charge >= 0.3 is 0 Å². The SMILES string of the molecule is CC(C)(C)c1ccc(C(=O)Nc2cc(NC3Cc4ccccc4C3)n3nccc3n2)cc1.